The Bertz CT molecular complexity index is 1250. The predicted molar refractivity (Wildman–Crippen MR) is 223 cm³/mol. The topological polar surface area (TPSA) is 43.4 Å². The molecule has 0 aliphatic rings. The van der Waals surface area contributed by atoms with Crippen molar-refractivity contribution < 1.29 is 27.9 Å². The van der Waals surface area contributed by atoms with Crippen LogP contribution in [0.4, 0.5) is 0 Å². The Morgan fingerprint density at radius 1 is 0.519 bits per heavy atom. The zero-order valence-corrected chi connectivity index (χ0v) is 35.0. The molecule has 8 nitrogen and oxygen atoms in total. The van der Waals surface area contributed by atoms with Crippen LogP contribution in [0.25, 0.3) is 18.2 Å². The van der Waals surface area contributed by atoms with Gasteiger partial charge in [0.15, 0.2) is 0 Å². The summed E-state index contributed by atoms with van der Waals surface area (Å²) in [6.07, 6.45) is 6.12. The van der Waals surface area contributed by atoms with Gasteiger partial charge >= 0.3 is 0 Å². The van der Waals surface area contributed by atoms with E-state index in [1.54, 1.807) is 0 Å². The molecule has 52 heavy (non-hydrogen) atoms. The van der Waals surface area contributed by atoms with Gasteiger partial charge in [-0.1, -0.05) is 52.5 Å². The summed E-state index contributed by atoms with van der Waals surface area (Å²) < 4.78 is 28.2. The standard InChI is InChI=1S/C44H76N4O4/c1-12-38-36-44(50-33-29-46(15-4)16-5)39(37-43(38)49-32-28-45(13-2)14-3)26-27-40-41(51-34-30-47(17-6,18-7)19-8)24-23-25-42(40)52-35-31-48(20-9,21-10)22-11/h12,23-27,36-37H,1,13-22,28-35H2,2-11H3/q+2/b27-26+. The Labute approximate surface area is 319 Å². The molecular formula is C44H76N4O4+2. The maximum Gasteiger partial charge on any atom is 0.137 e. The molecule has 2 rings (SSSR count). The number of likely N-dealkylation sites (N-methyl/N-ethyl adjacent to an activating group) is 4. The molecule has 2 aromatic rings. The van der Waals surface area contributed by atoms with Gasteiger partial charge in [-0.25, -0.2) is 0 Å². The van der Waals surface area contributed by atoms with Crippen LogP contribution in [0.15, 0.2) is 36.9 Å². The summed E-state index contributed by atoms with van der Waals surface area (Å²) >= 11 is 0. The summed E-state index contributed by atoms with van der Waals surface area (Å²) in [4.78, 5) is 4.74. The second kappa shape index (κ2) is 24.3. The fourth-order valence-corrected chi connectivity index (χ4v) is 6.88. The highest BCUT2D eigenvalue weighted by Gasteiger charge is 2.23. The summed E-state index contributed by atoms with van der Waals surface area (Å²) in [6.45, 7) is 43.2. The van der Waals surface area contributed by atoms with E-state index in [0.29, 0.717) is 26.4 Å². The van der Waals surface area contributed by atoms with Crippen molar-refractivity contribution in [2.75, 3.05) is 118 Å². The monoisotopic (exact) mass is 725 g/mol. The molecule has 0 spiro atoms. The van der Waals surface area contributed by atoms with Crippen LogP contribution >= 0.6 is 0 Å². The van der Waals surface area contributed by atoms with E-state index in [4.69, 9.17) is 18.9 Å². The van der Waals surface area contributed by atoms with E-state index in [0.717, 1.165) is 140 Å². The lowest BCUT2D eigenvalue weighted by atomic mass is 10.1. The van der Waals surface area contributed by atoms with Gasteiger partial charge in [0.05, 0.1) is 44.8 Å². The van der Waals surface area contributed by atoms with Gasteiger partial charge in [0, 0.05) is 24.2 Å². The van der Waals surface area contributed by atoms with E-state index in [9.17, 15) is 0 Å². The zero-order valence-electron chi connectivity index (χ0n) is 35.0. The quantitative estimate of drug-likeness (QED) is 0.0620. The lowest BCUT2D eigenvalue weighted by Crippen LogP contribution is -2.50. The van der Waals surface area contributed by atoms with Crippen molar-refractivity contribution in [3.05, 3.63) is 53.6 Å². The molecule has 0 N–H and O–H groups in total. The SMILES string of the molecule is C=Cc1cc(OCCN(CC)CC)c(/C=C/c2c(OCC[N+](CC)(CC)CC)cccc2OCC[N+](CC)(CC)CC)cc1OCCN(CC)CC. The molecule has 0 saturated carbocycles. The Balaban J connectivity index is 2.58. The molecule has 0 atom stereocenters. The molecular weight excluding hydrogens is 649 g/mol. The van der Waals surface area contributed by atoms with Crippen molar-refractivity contribution in [1.29, 1.82) is 0 Å². The van der Waals surface area contributed by atoms with Crippen molar-refractivity contribution in [3.63, 3.8) is 0 Å². The number of quaternary nitrogens is 2. The van der Waals surface area contributed by atoms with Crippen LogP contribution in [0, 0.1) is 0 Å². The molecule has 0 saturated heterocycles. The minimum atomic E-state index is 0.591. The fraction of sp³-hybridized carbons (Fsp3) is 0.636. The second-order valence-corrected chi connectivity index (χ2v) is 13.6. The highest BCUT2D eigenvalue weighted by atomic mass is 16.5. The third-order valence-electron chi connectivity index (χ3n) is 11.6. The summed E-state index contributed by atoms with van der Waals surface area (Å²) in [5, 5.41) is 0. The third-order valence-corrected chi connectivity index (χ3v) is 11.6. The van der Waals surface area contributed by atoms with E-state index >= 15 is 0 Å². The summed E-state index contributed by atoms with van der Waals surface area (Å²) in [6, 6.07) is 10.3. The first kappa shape index (κ1) is 45.1. The van der Waals surface area contributed by atoms with Crippen LogP contribution < -0.4 is 18.9 Å². The summed E-state index contributed by atoms with van der Waals surface area (Å²) in [5.41, 5.74) is 2.82. The van der Waals surface area contributed by atoms with Gasteiger partial charge in [0.1, 0.15) is 62.5 Å². The predicted octanol–water partition coefficient (Wildman–Crippen LogP) is 8.45. The zero-order chi connectivity index (χ0) is 38.4. The first-order valence-electron chi connectivity index (χ1n) is 20.5. The molecule has 0 aliphatic heterocycles. The molecule has 0 radical (unpaired) electrons. The Morgan fingerprint density at radius 2 is 0.904 bits per heavy atom. The van der Waals surface area contributed by atoms with Crippen molar-refractivity contribution in [2.24, 2.45) is 0 Å². The number of hydrogen-bond donors (Lipinski definition) is 0. The second-order valence-electron chi connectivity index (χ2n) is 13.6. The smallest absolute Gasteiger partial charge is 0.137 e. The first-order valence-corrected chi connectivity index (χ1v) is 20.5. The molecule has 8 heteroatoms. The average Bonchev–Trinajstić information content (AvgIpc) is 3.18. The van der Waals surface area contributed by atoms with E-state index < -0.39 is 0 Å². The lowest BCUT2D eigenvalue weighted by Gasteiger charge is -2.35. The highest BCUT2D eigenvalue weighted by Crippen LogP contribution is 2.35. The first-order chi connectivity index (χ1) is 25.2. The molecule has 294 valence electrons. The van der Waals surface area contributed by atoms with E-state index in [-0.39, 0.29) is 0 Å². The van der Waals surface area contributed by atoms with Crippen molar-refractivity contribution in [2.45, 2.75) is 69.2 Å². The molecule has 0 fully saturated rings. The van der Waals surface area contributed by atoms with Gasteiger partial charge in [0.2, 0.25) is 0 Å². The minimum absolute atomic E-state index is 0.591. The van der Waals surface area contributed by atoms with Gasteiger partial charge < -0.3 is 37.7 Å². The average molecular weight is 725 g/mol. The fourth-order valence-electron chi connectivity index (χ4n) is 6.88. The van der Waals surface area contributed by atoms with Crippen molar-refractivity contribution in [1.82, 2.24) is 9.80 Å². The third kappa shape index (κ3) is 13.4. The van der Waals surface area contributed by atoms with Gasteiger partial charge in [0.25, 0.3) is 0 Å². The lowest BCUT2D eigenvalue weighted by molar-refractivity contribution is -0.923. The number of benzene rings is 2. The number of rotatable bonds is 29. The van der Waals surface area contributed by atoms with E-state index in [1.807, 2.05) is 12.1 Å². The van der Waals surface area contributed by atoms with Crippen LogP contribution in [-0.2, 0) is 0 Å². The van der Waals surface area contributed by atoms with E-state index in [2.05, 4.69) is 122 Å². The number of nitrogens with zero attached hydrogens (tertiary/aromatic N) is 4. The maximum absolute atomic E-state index is 6.61. The van der Waals surface area contributed by atoms with Crippen molar-refractivity contribution in [3.8, 4) is 23.0 Å². The molecule has 0 bridgehead atoms. The molecule has 0 amide bonds. The number of hydrogen-bond acceptors (Lipinski definition) is 6. The Hall–Kier alpha value is -3.04. The largest absolute Gasteiger partial charge is 0.492 e. The van der Waals surface area contributed by atoms with Crippen molar-refractivity contribution >= 4 is 18.2 Å². The van der Waals surface area contributed by atoms with Crippen LogP contribution in [0.5, 0.6) is 23.0 Å². The van der Waals surface area contributed by atoms with Gasteiger partial charge in [-0.05, 0) is 98.1 Å². The van der Waals surface area contributed by atoms with Gasteiger partial charge in [-0.3, -0.25) is 0 Å². The van der Waals surface area contributed by atoms with Crippen LogP contribution in [-0.4, -0.2) is 137 Å². The van der Waals surface area contributed by atoms with Crippen LogP contribution in [0.3, 0.4) is 0 Å². The Kier molecular flexibility index (Phi) is 21.1. The highest BCUT2D eigenvalue weighted by molar-refractivity contribution is 5.79. The normalized spacial score (nSPS) is 12.2. The van der Waals surface area contributed by atoms with E-state index in [1.165, 1.54) is 0 Å². The van der Waals surface area contributed by atoms with Crippen LogP contribution in [0.1, 0.15) is 85.9 Å². The molecule has 0 aliphatic carbocycles. The van der Waals surface area contributed by atoms with Crippen LogP contribution in [0.2, 0.25) is 0 Å². The minimum Gasteiger partial charge on any atom is -0.492 e. The molecule has 2 aromatic carbocycles. The van der Waals surface area contributed by atoms with Gasteiger partial charge in [-0.2, -0.15) is 0 Å². The molecule has 0 heterocycles. The molecule has 0 unspecified atom stereocenters. The number of ether oxygens (including phenoxy) is 4. The maximum atomic E-state index is 6.61. The summed E-state index contributed by atoms with van der Waals surface area (Å²) in [5.74, 6) is 3.28. The van der Waals surface area contributed by atoms with Gasteiger partial charge in [-0.15, -0.1) is 0 Å². The Morgan fingerprint density at radius 3 is 1.29 bits per heavy atom. The molecule has 0 aromatic heterocycles. The summed E-state index contributed by atoms with van der Waals surface area (Å²) in [7, 11) is 0.